The molecule has 2 aromatic rings. The molecule has 0 aliphatic rings. The lowest BCUT2D eigenvalue weighted by Gasteiger charge is -2.19. The van der Waals surface area contributed by atoms with E-state index in [9.17, 15) is 13.2 Å². The average Bonchev–Trinajstić information content (AvgIpc) is 2.79. The Hall–Kier alpha value is -3.05. The van der Waals surface area contributed by atoms with Gasteiger partial charge in [0.05, 0.1) is 17.1 Å². The highest BCUT2D eigenvalue weighted by molar-refractivity contribution is 7.89. The third-order valence-corrected chi connectivity index (χ3v) is 6.37. The third-order valence-electron chi connectivity index (χ3n) is 4.32. The van der Waals surface area contributed by atoms with Crippen molar-refractivity contribution in [2.75, 3.05) is 38.7 Å². The Morgan fingerprint density at radius 3 is 2.30 bits per heavy atom. The molecule has 0 spiro atoms. The number of ether oxygens (including phenoxy) is 2. The van der Waals surface area contributed by atoms with E-state index in [1.165, 1.54) is 28.6 Å². The first kappa shape index (κ1) is 26.2. The lowest BCUT2D eigenvalue weighted by atomic mass is 10.2. The molecule has 176 valence electrons. The molecule has 8 nitrogen and oxygen atoms in total. The number of anilines is 1. The van der Waals surface area contributed by atoms with Crippen LogP contribution in [0.15, 0.2) is 78.7 Å². The van der Waals surface area contributed by atoms with Gasteiger partial charge in [0.15, 0.2) is 5.11 Å². The van der Waals surface area contributed by atoms with Crippen molar-refractivity contribution in [2.45, 2.75) is 4.90 Å². The summed E-state index contributed by atoms with van der Waals surface area (Å²) in [6, 6.07) is 12.8. The molecule has 0 aliphatic carbocycles. The van der Waals surface area contributed by atoms with Crippen molar-refractivity contribution in [3.63, 3.8) is 0 Å². The number of para-hydroxylation sites is 1. The fourth-order valence-electron chi connectivity index (χ4n) is 2.77. The number of nitrogens with zero attached hydrogens (tertiary/aromatic N) is 1. The van der Waals surface area contributed by atoms with E-state index in [4.69, 9.17) is 21.7 Å². The van der Waals surface area contributed by atoms with Crippen molar-refractivity contribution in [3.8, 4) is 5.75 Å². The highest BCUT2D eigenvalue weighted by Crippen LogP contribution is 2.20. The van der Waals surface area contributed by atoms with Crippen LogP contribution >= 0.6 is 12.2 Å². The molecule has 0 fully saturated rings. The van der Waals surface area contributed by atoms with Crippen molar-refractivity contribution in [1.29, 1.82) is 0 Å². The van der Waals surface area contributed by atoms with Gasteiger partial charge in [0.2, 0.25) is 10.0 Å². The van der Waals surface area contributed by atoms with Gasteiger partial charge in [-0.15, -0.1) is 13.2 Å². The molecule has 0 radical (unpaired) electrons. The van der Waals surface area contributed by atoms with Gasteiger partial charge in [-0.05, 0) is 48.6 Å². The molecule has 0 bridgehead atoms. The van der Waals surface area contributed by atoms with Crippen LogP contribution in [0, 0.1) is 0 Å². The first-order valence-corrected chi connectivity index (χ1v) is 11.8. The maximum absolute atomic E-state index is 12.8. The van der Waals surface area contributed by atoms with E-state index in [0.29, 0.717) is 30.2 Å². The first-order valence-electron chi connectivity index (χ1n) is 9.98. The predicted octanol–water partition coefficient (Wildman–Crippen LogP) is 3.20. The Balaban J connectivity index is 2.05. The highest BCUT2D eigenvalue weighted by Gasteiger charge is 2.22. The van der Waals surface area contributed by atoms with Crippen LogP contribution < -0.4 is 15.4 Å². The smallest absolute Gasteiger partial charge is 0.261 e. The van der Waals surface area contributed by atoms with Gasteiger partial charge in [-0.25, -0.2) is 8.42 Å². The van der Waals surface area contributed by atoms with Crippen LogP contribution in [0.4, 0.5) is 5.69 Å². The number of amides is 1. The predicted molar refractivity (Wildman–Crippen MR) is 133 cm³/mol. The van der Waals surface area contributed by atoms with Crippen LogP contribution in [0.1, 0.15) is 10.4 Å². The topological polar surface area (TPSA) is 97.0 Å². The summed E-state index contributed by atoms with van der Waals surface area (Å²) in [7, 11) is -2.14. The number of benzene rings is 2. The molecule has 0 atom stereocenters. The standard InChI is InChI=1S/C23H27N3O5S2/c1-4-14-26(15-5-2)33(28,29)19-12-10-18(11-13-19)24-23(32)25-22(27)20-8-6-7-9-21(20)31-17-16-30-3/h4-13H,1-2,14-17H2,3H3,(H2,24,25,27,32). The van der Waals surface area contributed by atoms with Gasteiger partial charge < -0.3 is 14.8 Å². The summed E-state index contributed by atoms with van der Waals surface area (Å²) in [6.07, 6.45) is 3.03. The molecule has 2 rings (SSSR count). The summed E-state index contributed by atoms with van der Waals surface area (Å²) in [4.78, 5) is 12.8. The van der Waals surface area contributed by atoms with Crippen molar-refractivity contribution in [1.82, 2.24) is 9.62 Å². The summed E-state index contributed by atoms with van der Waals surface area (Å²) >= 11 is 5.23. The van der Waals surface area contributed by atoms with Crippen molar-refractivity contribution >= 4 is 38.9 Å². The minimum Gasteiger partial charge on any atom is -0.490 e. The zero-order valence-electron chi connectivity index (χ0n) is 18.3. The van der Waals surface area contributed by atoms with E-state index >= 15 is 0 Å². The largest absolute Gasteiger partial charge is 0.490 e. The average molecular weight is 490 g/mol. The van der Waals surface area contributed by atoms with Crippen LogP contribution in [0.2, 0.25) is 0 Å². The van der Waals surface area contributed by atoms with Crippen LogP contribution in [0.25, 0.3) is 0 Å². The molecule has 1 amide bonds. The van der Waals surface area contributed by atoms with Crippen LogP contribution in [0.3, 0.4) is 0 Å². The quantitative estimate of drug-likeness (QED) is 0.268. The van der Waals surface area contributed by atoms with Gasteiger partial charge >= 0.3 is 0 Å². The molecule has 0 aliphatic heterocycles. The number of rotatable bonds is 12. The lowest BCUT2D eigenvalue weighted by Crippen LogP contribution is -2.34. The summed E-state index contributed by atoms with van der Waals surface area (Å²) in [5, 5.41) is 5.52. The van der Waals surface area contributed by atoms with E-state index in [2.05, 4.69) is 23.8 Å². The van der Waals surface area contributed by atoms with Crippen molar-refractivity contribution in [3.05, 3.63) is 79.4 Å². The Bertz CT molecular complexity index is 1080. The lowest BCUT2D eigenvalue weighted by molar-refractivity contribution is 0.0970. The van der Waals surface area contributed by atoms with Gasteiger partial charge in [-0.3, -0.25) is 10.1 Å². The number of sulfonamides is 1. The molecule has 2 aromatic carbocycles. The Labute approximate surface area is 199 Å². The second-order valence-corrected chi connectivity index (χ2v) is 9.02. The van der Waals surface area contributed by atoms with E-state index in [0.717, 1.165) is 0 Å². The number of carbonyl (C=O) groups is 1. The normalized spacial score (nSPS) is 11.0. The van der Waals surface area contributed by atoms with Crippen LogP contribution in [-0.2, 0) is 14.8 Å². The van der Waals surface area contributed by atoms with Crippen LogP contribution in [-0.4, -0.2) is 57.2 Å². The number of hydrogen-bond acceptors (Lipinski definition) is 6. The number of hydrogen-bond donors (Lipinski definition) is 2. The van der Waals surface area contributed by atoms with E-state index in [1.807, 2.05) is 0 Å². The zero-order chi connectivity index (χ0) is 24.3. The molecule has 0 saturated heterocycles. The van der Waals surface area contributed by atoms with Gasteiger partial charge in [0, 0.05) is 25.9 Å². The summed E-state index contributed by atoms with van der Waals surface area (Å²) in [5.41, 5.74) is 0.839. The number of nitrogens with one attached hydrogen (secondary N) is 2. The molecule has 0 heterocycles. The Morgan fingerprint density at radius 1 is 1.06 bits per heavy atom. The van der Waals surface area contributed by atoms with E-state index < -0.39 is 15.9 Å². The van der Waals surface area contributed by atoms with Crippen molar-refractivity contribution < 1.29 is 22.7 Å². The monoisotopic (exact) mass is 489 g/mol. The molecule has 2 N–H and O–H groups in total. The molecular weight excluding hydrogens is 462 g/mol. The zero-order valence-corrected chi connectivity index (χ0v) is 20.0. The molecule has 0 unspecified atom stereocenters. The fourth-order valence-corrected chi connectivity index (χ4v) is 4.36. The summed E-state index contributed by atoms with van der Waals surface area (Å²) in [6.45, 7) is 8.21. The van der Waals surface area contributed by atoms with Gasteiger partial charge in [-0.1, -0.05) is 24.3 Å². The highest BCUT2D eigenvalue weighted by atomic mass is 32.2. The van der Waals surface area contributed by atoms with Crippen molar-refractivity contribution in [2.24, 2.45) is 0 Å². The number of thiocarbonyl (C=S) groups is 1. The Morgan fingerprint density at radius 2 is 1.70 bits per heavy atom. The maximum Gasteiger partial charge on any atom is 0.261 e. The molecule has 10 heteroatoms. The SMILES string of the molecule is C=CCN(CC=C)S(=O)(=O)c1ccc(NC(=S)NC(=O)c2ccccc2OCCOC)cc1. The summed E-state index contributed by atoms with van der Waals surface area (Å²) in [5.74, 6) is -0.0304. The summed E-state index contributed by atoms with van der Waals surface area (Å²) < 4.78 is 37.4. The minimum atomic E-state index is -3.70. The van der Waals surface area contributed by atoms with E-state index in [-0.39, 0.29) is 23.1 Å². The molecule has 0 aromatic heterocycles. The maximum atomic E-state index is 12.8. The Kier molecular flexibility index (Phi) is 10.2. The minimum absolute atomic E-state index is 0.0576. The third kappa shape index (κ3) is 7.50. The fraction of sp³-hybridized carbons (Fsp3) is 0.217. The number of methoxy groups -OCH3 is 1. The first-order chi connectivity index (χ1) is 15.8. The molecule has 33 heavy (non-hydrogen) atoms. The van der Waals surface area contributed by atoms with Gasteiger partial charge in [-0.2, -0.15) is 4.31 Å². The van der Waals surface area contributed by atoms with Gasteiger partial charge in [0.25, 0.3) is 5.91 Å². The van der Waals surface area contributed by atoms with Gasteiger partial charge in [0.1, 0.15) is 12.4 Å². The molecular formula is C23H27N3O5S2. The number of carbonyl (C=O) groups excluding carboxylic acids is 1. The molecule has 0 saturated carbocycles. The van der Waals surface area contributed by atoms with E-state index in [1.54, 1.807) is 43.5 Å². The second kappa shape index (κ2) is 12.9. The van der Waals surface area contributed by atoms with Crippen LogP contribution in [0.5, 0.6) is 5.75 Å². The second-order valence-electron chi connectivity index (χ2n) is 6.67.